The van der Waals surface area contributed by atoms with Crippen molar-refractivity contribution in [2.24, 2.45) is 0 Å². The molecule has 3 aromatic carbocycles. The molecule has 49 heavy (non-hydrogen) atoms. The van der Waals surface area contributed by atoms with E-state index >= 15 is 0 Å². The number of hydrogen-bond donors (Lipinski definition) is 0. The largest absolute Gasteiger partial charge is 0.489 e. The molecule has 12 heteroatoms. The third-order valence-electron chi connectivity index (χ3n) is 7.65. The summed E-state index contributed by atoms with van der Waals surface area (Å²) < 4.78 is 46.8. The van der Waals surface area contributed by atoms with E-state index in [-0.39, 0.29) is 19.0 Å². The second-order valence-corrected chi connectivity index (χ2v) is 11.5. The average molecular weight is 675 g/mol. The van der Waals surface area contributed by atoms with Crippen molar-refractivity contribution in [3.8, 4) is 11.5 Å². The van der Waals surface area contributed by atoms with Gasteiger partial charge < -0.3 is 37.6 Å². The van der Waals surface area contributed by atoms with Crippen molar-refractivity contribution < 1.29 is 56.8 Å². The van der Waals surface area contributed by atoms with Gasteiger partial charge in [-0.2, -0.15) is 0 Å². The molecule has 4 aromatic rings. The molecule has 0 saturated carbocycles. The Morgan fingerprint density at radius 2 is 1.31 bits per heavy atom. The zero-order chi connectivity index (χ0) is 34.9. The molecule has 0 N–H and O–H groups in total. The van der Waals surface area contributed by atoms with Crippen molar-refractivity contribution in [1.82, 2.24) is 0 Å². The summed E-state index contributed by atoms with van der Waals surface area (Å²) >= 11 is 0. The van der Waals surface area contributed by atoms with Gasteiger partial charge in [-0.15, -0.1) is 0 Å². The summed E-state index contributed by atoms with van der Waals surface area (Å²) in [4.78, 5) is 48.7. The lowest BCUT2D eigenvalue weighted by atomic mass is 9.98. The highest BCUT2D eigenvalue weighted by atomic mass is 16.7. The molecule has 0 bridgehead atoms. The highest BCUT2D eigenvalue weighted by molar-refractivity contribution is 5.89. The van der Waals surface area contributed by atoms with E-state index in [0.29, 0.717) is 29.6 Å². The molecule has 258 valence electrons. The fourth-order valence-corrected chi connectivity index (χ4v) is 5.60. The molecule has 0 aliphatic carbocycles. The van der Waals surface area contributed by atoms with Gasteiger partial charge >= 0.3 is 23.9 Å². The fraction of sp³-hybridized carbons (Fsp3) is 0.351. The van der Waals surface area contributed by atoms with Gasteiger partial charge in [0.15, 0.2) is 12.2 Å². The van der Waals surface area contributed by atoms with Gasteiger partial charge in [-0.25, -0.2) is 0 Å². The molecular weight excluding hydrogens is 636 g/mol. The predicted molar refractivity (Wildman–Crippen MR) is 173 cm³/mol. The van der Waals surface area contributed by atoms with E-state index in [0.717, 1.165) is 30.5 Å². The molecule has 0 amide bonds. The Balaban J connectivity index is 1.55. The number of esters is 4. The Morgan fingerprint density at radius 3 is 1.94 bits per heavy atom. The number of hydrogen-bond acceptors (Lipinski definition) is 12. The van der Waals surface area contributed by atoms with Gasteiger partial charge in [0.05, 0.1) is 11.6 Å². The Hall–Kier alpha value is -5.36. The molecule has 0 unspecified atom stereocenters. The van der Waals surface area contributed by atoms with Crippen molar-refractivity contribution in [3.63, 3.8) is 0 Å². The third kappa shape index (κ3) is 9.38. The zero-order valence-corrected chi connectivity index (χ0v) is 27.6. The van der Waals surface area contributed by atoms with E-state index in [1.807, 2.05) is 60.7 Å². The first-order chi connectivity index (χ1) is 23.6. The van der Waals surface area contributed by atoms with E-state index in [4.69, 9.17) is 37.6 Å². The first-order valence-electron chi connectivity index (χ1n) is 15.8. The molecular formula is C37H38O12. The van der Waals surface area contributed by atoms with Gasteiger partial charge in [-0.05, 0) is 24.0 Å². The highest BCUT2D eigenvalue weighted by Crippen LogP contribution is 2.39. The predicted octanol–water partition coefficient (Wildman–Crippen LogP) is 5.26. The van der Waals surface area contributed by atoms with Crippen LogP contribution >= 0.6 is 0 Å². The van der Waals surface area contributed by atoms with E-state index in [1.165, 1.54) is 13.8 Å². The van der Waals surface area contributed by atoms with Crippen LogP contribution < -0.4 is 9.47 Å². The molecule has 2 heterocycles. The van der Waals surface area contributed by atoms with Crippen LogP contribution in [0.25, 0.3) is 11.0 Å². The topological polar surface area (TPSA) is 146 Å². The summed E-state index contributed by atoms with van der Waals surface area (Å²) in [6.07, 6.45) is -3.79. The highest BCUT2D eigenvalue weighted by Gasteiger charge is 2.53. The van der Waals surface area contributed by atoms with Gasteiger partial charge in [0, 0.05) is 45.4 Å². The first-order valence-corrected chi connectivity index (χ1v) is 15.8. The number of ether oxygens (including phenoxy) is 7. The quantitative estimate of drug-likeness (QED) is 0.135. The van der Waals surface area contributed by atoms with Crippen molar-refractivity contribution in [2.45, 2.75) is 77.8 Å². The average Bonchev–Trinajstić information content (AvgIpc) is 3.48. The van der Waals surface area contributed by atoms with Gasteiger partial charge in [-0.1, -0.05) is 60.7 Å². The molecule has 1 aliphatic rings. The normalized spacial score (nSPS) is 20.2. The standard InChI is InChI=1S/C37H38O12/c1-22(38)42-21-32-34(45-23(2)39)35(46-24(3)40)36(47-25(4)41)37(49-32)48-31-18-29(43-19-27-13-9-6-10-14-27)17-30-33(31)28(20-44-30)16-15-26-11-7-5-8-12-26/h5-14,17-18,20,32,34-37H,15-16,19,21H2,1-4H3/t32-,34-,35+,36-,37-/m1/s1. The molecule has 5 atom stereocenters. The summed E-state index contributed by atoms with van der Waals surface area (Å²) in [5, 5.41) is 0.621. The number of benzene rings is 3. The van der Waals surface area contributed by atoms with Crippen LogP contribution in [0.4, 0.5) is 0 Å². The molecule has 5 rings (SSSR count). The number of carbonyl (C=O) groups excluding carboxylic acids is 4. The molecule has 12 nitrogen and oxygen atoms in total. The van der Waals surface area contributed by atoms with Gasteiger partial charge in [-0.3, -0.25) is 19.2 Å². The van der Waals surface area contributed by atoms with Crippen LogP contribution in [0.15, 0.2) is 83.5 Å². The van der Waals surface area contributed by atoms with Gasteiger partial charge in [0.25, 0.3) is 0 Å². The van der Waals surface area contributed by atoms with Gasteiger partial charge in [0.2, 0.25) is 12.4 Å². The molecule has 1 aromatic heterocycles. The van der Waals surface area contributed by atoms with Crippen LogP contribution in [0.3, 0.4) is 0 Å². The molecule has 1 saturated heterocycles. The molecule has 0 spiro atoms. The minimum atomic E-state index is -1.44. The second-order valence-electron chi connectivity index (χ2n) is 11.5. The lowest BCUT2D eigenvalue weighted by Crippen LogP contribution is -2.63. The van der Waals surface area contributed by atoms with Crippen molar-refractivity contribution in [1.29, 1.82) is 0 Å². The summed E-state index contributed by atoms with van der Waals surface area (Å²) in [6, 6.07) is 23.0. The summed E-state index contributed by atoms with van der Waals surface area (Å²) in [6.45, 7) is 4.56. The Labute approximate surface area is 283 Å². The summed E-state index contributed by atoms with van der Waals surface area (Å²) in [5.74, 6) is -2.16. The van der Waals surface area contributed by atoms with E-state index in [1.54, 1.807) is 18.4 Å². The summed E-state index contributed by atoms with van der Waals surface area (Å²) in [7, 11) is 0. The van der Waals surface area contributed by atoms with Gasteiger partial charge in [0.1, 0.15) is 36.4 Å². The zero-order valence-electron chi connectivity index (χ0n) is 27.6. The minimum Gasteiger partial charge on any atom is -0.489 e. The monoisotopic (exact) mass is 674 g/mol. The first kappa shape index (κ1) is 35.0. The Bertz CT molecular complexity index is 1750. The lowest BCUT2D eigenvalue weighted by molar-refractivity contribution is -0.288. The maximum Gasteiger partial charge on any atom is 0.303 e. The maximum absolute atomic E-state index is 12.4. The van der Waals surface area contributed by atoms with E-state index in [2.05, 4.69) is 0 Å². The van der Waals surface area contributed by atoms with Crippen LogP contribution in [-0.2, 0) is 62.3 Å². The van der Waals surface area contributed by atoms with Crippen LogP contribution in [-0.4, -0.2) is 61.2 Å². The Kier molecular flexibility index (Phi) is 11.5. The summed E-state index contributed by atoms with van der Waals surface area (Å²) in [5.41, 5.74) is 3.36. The van der Waals surface area contributed by atoms with Crippen molar-refractivity contribution in [2.75, 3.05) is 6.61 Å². The van der Waals surface area contributed by atoms with E-state index < -0.39 is 54.6 Å². The van der Waals surface area contributed by atoms with Crippen LogP contribution in [0.1, 0.15) is 44.4 Å². The number of aryl methyl sites for hydroxylation is 2. The second kappa shape index (κ2) is 16.2. The van der Waals surface area contributed by atoms with Crippen molar-refractivity contribution >= 4 is 34.8 Å². The molecule has 0 radical (unpaired) electrons. The molecule has 1 aliphatic heterocycles. The smallest absolute Gasteiger partial charge is 0.303 e. The van der Waals surface area contributed by atoms with Crippen LogP contribution in [0.2, 0.25) is 0 Å². The van der Waals surface area contributed by atoms with Crippen LogP contribution in [0, 0.1) is 0 Å². The lowest BCUT2D eigenvalue weighted by Gasteiger charge is -2.44. The van der Waals surface area contributed by atoms with E-state index in [9.17, 15) is 19.2 Å². The fourth-order valence-electron chi connectivity index (χ4n) is 5.60. The van der Waals surface area contributed by atoms with Crippen LogP contribution in [0.5, 0.6) is 11.5 Å². The molecule has 1 fully saturated rings. The Morgan fingerprint density at radius 1 is 0.694 bits per heavy atom. The number of fused-ring (bicyclic) bond motifs is 1. The van der Waals surface area contributed by atoms with Crippen molar-refractivity contribution in [3.05, 3.63) is 95.7 Å². The minimum absolute atomic E-state index is 0.256. The number of carbonyl (C=O) groups is 4. The third-order valence-corrected chi connectivity index (χ3v) is 7.65. The maximum atomic E-state index is 12.4. The number of rotatable bonds is 13. The SMILES string of the molecule is CC(=O)OC[C@H]1O[C@@H](Oc2cc(OCc3ccccc3)cc3occ(CCc4ccccc4)c23)[C@H](OC(C)=O)[C@@H](OC(C)=O)[C@@H]1OC(C)=O. The number of furan rings is 1.